The predicted octanol–water partition coefficient (Wildman–Crippen LogP) is 1.50. The highest BCUT2D eigenvalue weighted by atomic mass is 32.2. The highest BCUT2D eigenvalue weighted by molar-refractivity contribution is 7.86. The molecule has 3 aromatic rings. The molecule has 0 aromatic heterocycles. The van der Waals surface area contributed by atoms with Crippen LogP contribution in [0.3, 0.4) is 0 Å². The van der Waals surface area contributed by atoms with E-state index in [1.165, 1.54) is 6.07 Å². The van der Waals surface area contributed by atoms with Crippen LogP contribution < -0.4 is 25.6 Å². The van der Waals surface area contributed by atoms with E-state index in [1.54, 1.807) is 18.2 Å². The SMILES string of the molecule is Nc1ccc2c(c1)Oc1c3c4c(cc1=C2c1ccc(S(=O)(=O)O)cc1S(=O)(=O)O)CCC[N+]=4CCC3. The summed E-state index contributed by atoms with van der Waals surface area (Å²) in [7, 11) is -9.59. The smallest absolute Gasteiger partial charge is 0.295 e. The van der Waals surface area contributed by atoms with Crippen LogP contribution in [0.2, 0.25) is 0 Å². The van der Waals surface area contributed by atoms with E-state index in [1.807, 2.05) is 6.07 Å². The van der Waals surface area contributed by atoms with Crippen molar-refractivity contribution in [1.82, 2.24) is 4.58 Å². The molecule has 9 nitrogen and oxygen atoms in total. The molecular formula is C25H23N2O7S2+. The molecule has 186 valence electrons. The molecule has 0 aliphatic carbocycles. The van der Waals surface area contributed by atoms with E-state index in [-0.39, 0.29) is 5.56 Å². The molecule has 0 radical (unpaired) electrons. The molecule has 0 fully saturated rings. The first-order valence-corrected chi connectivity index (χ1v) is 14.4. The first kappa shape index (κ1) is 23.2. The fourth-order valence-corrected chi connectivity index (χ4v) is 6.90. The number of nitrogens with two attached hydrogens (primary N) is 1. The zero-order valence-corrected chi connectivity index (χ0v) is 20.7. The van der Waals surface area contributed by atoms with E-state index < -0.39 is 30.0 Å². The normalized spacial score (nSPS) is 16.6. The van der Waals surface area contributed by atoms with Gasteiger partial charge in [-0.3, -0.25) is 9.11 Å². The maximum Gasteiger partial charge on any atom is 0.295 e. The molecule has 3 heterocycles. The Morgan fingerprint density at radius 1 is 0.861 bits per heavy atom. The summed E-state index contributed by atoms with van der Waals surface area (Å²) in [6, 6.07) is 10.2. The second kappa shape index (κ2) is 7.87. The van der Waals surface area contributed by atoms with Crippen LogP contribution in [0, 0.1) is 0 Å². The van der Waals surface area contributed by atoms with Crippen LogP contribution in [0.5, 0.6) is 11.5 Å². The van der Waals surface area contributed by atoms with Gasteiger partial charge in [-0.25, -0.2) is 4.58 Å². The quantitative estimate of drug-likeness (QED) is 0.206. The van der Waals surface area contributed by atoms with Crippen LogP contribution >= 0.6 is 0 Å². The average molecular weight is 528 g/mol. The predicted molar refractivity (Wildman–Crippen MR) is 132 cm³/mol. The lowest BCUT2D eigenvalue weighted by Gasteiger charge is -2.27. The average Bonchev–Trinajstić information content (AvgIpc) is 2.82. The van der Waals surface area contributed by atoms with Crippen LogP contribution in [0.25, 0.3) is 5.57 Å². The molecule has 0 bridgehead atoms. The molecule has 0 saturated carbocycles. The lowest BCUT2D eigenvalue weighted by atomic mass is 9.87. The summed E-state index contributed by atoms with van der Waals surface area (Å²) in [6.07, 6.45) is 3.60. The van der Waals surface area contributed by atoms with Crippen molar-refractivity contribution in [3.63, 3.8) is 0 Å². The monoisotopic (exact) mass is 527 g/mol. The number of benzene rings is 3. The number of hydrogen-bond donors (Lipinski definition) is 3. The molecule has 36 heavy (non-hydrogen) atoms. The lowest BCUT2D eigenvalue weighted by Crippen LogP contribution is -2.45. The zero-order valence-electron chi connectivity index (χ0n) is 19.1. The Balaban J connectivity index is 1.81. The first-order chi connectivity index (χ1) is 17.0. The van der Waals surface area contributed by atoms with Gasteiger partial charge in [0.25, 0.3) is 20.2 Å². The standard InChI is InChI=1S/C25H22N2O7S2/c26-15-5-7-17-21(12-15)34-25-19-4-2-10-27-9-1-3-14(24(19)27)11-20(25)23(17)18-8-6-16(35(28,29)30)13-22(18)36(31,32)33/h5-8,11-13,26H,1-4,9-10H2,(H2,28,29,30,31,32,33)/p+1. The molecule has 0 spiro atoms. The number of nitrogens with zero attached hydrogens (tertiary/aromatic N) is 1. The molecule has 3 aliphatic heterocycles. The van der Waals surface area contributed by atoms with E-state index in [2.05, 4.69) is 4.58 Å². The van der Waals surface area contributed by atoms with Crippen LogP contribution in [0.4, 0.5) is 5.69 Å². The van der Waals surface area contributed by atoms with Crippen molar-refractivity contribution in [3.05, 3.63) is 75.3 Å². The van der Waals surface area contributed by atoms with Gasteiger partial charge in [0, 0.05) is 52.1 Å². The lowest BCUT2D eigenvalue weighted by molar-refractivity contribution is 0.437. The Hall–Kier alpha value is -3.25. The van der Waals surface area contributed by atoms with Crippen molar-refractivity contribution < 1.29 is 30.7 Å². The number of rotatable bonds is 3. The molecule has 3 aromatic carbocycles. The number of nitrogen functional groups attached to an aromatic ring is 1. The number of ether oxygens (including phenoxy) is 1. The number of aryl methyl sites for hydroxylation is 1. The van der Waals surface area contributed by atoms with Crippen LogP contribution in [-0.2, 0) is 33.1 Å². The minimum absolute atomic E-state index is 0.0936. The van der Waals surface area contributed by atoms with Crippen molar-refractivity contribution in [2.45, 2.75) is 35.5 Å². The van der Waals surface area contributed by atoms with Crippen LogP contribution in [-0.4, -0.2) is 39.0 Å². The second-order valence-electron chi connectivity index (χ2n) is 9.27. The summed E-state index contributed by atoms with van der Waals surface area (Å²) in [5, 5.41) is 1.82. The fourth-order valence-electron chi connectivity index (χ4n) is 5.59. The van der Waals surface area contributed by atoms with Crippen molar-refractivity contribution in [2.24, 2.45) is 0 Å². The molecule has 6 rings (SSSR count). The van der Waals surface area contributed by atoms with Gasteiger partial charge in [-0.05, 0) is 43.2 Å². The van der Waals surface area contributed by atoms with E-state index in [9.17, 15) is 25.9 Å². The molecule has 0 amide bonds. The minimum Gasteiger partial charge on any atom is -0.455 e. The number of fused-ring (bicyclic) bond motifs is 3. The Morgan fingerprint density at radius 3 is 2.31 bits per heavy atom. The van der Waals surface area contributed by atoms with E-state index in [0.29, 0.717) is 33.5 Å². The van der Waals surface area contributed by atoms with Gasteiger partial charge in [0.05, 0.1) is 10.5 Å². The summed E-state index contributed by atoms with van der Waals surface area (Å²) < 4.78 is 76.8. The summed E-state index contributed by atoms with van der Waals surface area (Å²) in [4.78, 5) is -1.27. The van der Waals surface area contributed by atoms with Crippen molar-refractivity contribution in [2.75, 3.05) is 18.8 Å². The van der Waals surface area contributed by atoms with Gasteiger partial charge in [0.2, 0.25) is 5.36 Å². The Bertz CT molecular complexity index is 1820. The third-order valence-corrected chi connectivity index (χ3v) is 8.77. The third kappa shape index (κ3) is 3.62. The fraction of sp³-hybridized carbons (Fsp3) is 0.240. The van der Waals surface area contributed by atoms with Gasteiger partial charge in [-0.2, -0.15) is 16.8 Å². The van der Waals surface area contributed by atoms with Gasteiger partial charge in [0.1, 0.15) is 29.5 Å². The number of anilines is 1. The summed E-state index contributed by atoms with van der Waals surface area (Å²) in [6.45, 7) is 1.92. The molecule has 0 saturated heterocycles. The Kier molecular flexibility index (Phi) is 5.07. The maximum atomic E-state index is 12.5. The maximum absolute atomic E-state index is 12.5. The summed E-state index contributed by atoms with van der Waals surface area (Å²) in [5.74, 6) is 1.04. The van der Waals surface area contributed by atoms with Crippen LogP contribution in [0.1, 0.15) is 35.1 Å². The molecule has 0 atom stereocenters. The Labute approximate surface area is 207 Å². The van der Waals surface area contributed by atoms with E-state index in [4.69, 9.17) is 10.5 Å². The second-order valence-corrected chi connectivity index (χ2v) is 12.1. The van der Waals surface area contributed by atoms with Crippen molar-refractivity contribution in [1.29, 1.82) is 0 Å². The van der Waals surface area contributed by atoms with Gasteiger partial charge in [-0.1, -0.05) is 6.07 Å². The highest BCUT2D eigenvalue weighted by Gasteiger charge is 2.33. The van der Waals surface area contributed by atoms with E-state index >= 15 is 0 Å². The van der Waals surface area contributed by atoms with Crippen molar-refractivity contribution >= 4 is 31.5 Å². The van der Waals surface area contributed by atoms with E-state index in [0.717, 1.165) is 67.4 Å². The zero-order chi connectivity index (χ0) is 25.4. The minimum atomic E-state index is -4.88. The summed E-state index contributed by atoms with van der Waals surface area (Å²) in [5.41, 5.74) is 9.80. The van der Waals surface area contributed by atoms with Gasteiger partial charge in [-0.15, -0.1) is 0 Å². The molecule has 3 aliphatic rings. The highest BCUT2D eigenvalue weighted by Crippen LogP contribution is 2.40. The number of hydrogen-bond acceptors (Lipinski definition) is 6. The van der Waals surface area contributed by atoms with Gasteiger partial charge in [0.15, 0.2) is 0 Å². The Morgan fingerprint density at radius 2 is 1.58 bits per heavy atom. The topological polar surface area (TPSA) is 147 Å². The van der Waals surface area contributed by atoms with Crippen molar-refractivity contribution in [3.8, 4) is 11.5 Å². The third-order valence-electron chi connectivity index (χ3n) is 7.03. The summed E-state index contributed by atoms with van der Waals surface area (Å²) >= 11 is 0. The van der Waals surface area contributed by atoms with Gasteiger partial charge >= 0.3 is 0 Å². The largest absolute Gasteiger partial charge is 0.455 e. The molecular weight excluding hydrogens is 504 g/mol. The molecule has 11 heteroatoms. The molecule has 0 unspecified atom stereocenters. The van der Waals surface area contributed by atoms with Gasteiger partial charge < -0.3 is 10.5 Å². The van der Waals surface area contributed by atoms with Crippen LogP contribution in [0.15, 0.2) is 52.3 Å². The molecule has 4 N–H and O–H groups in total. The first-order valence-electron chi connectivity index (χ1n) is 11.5.